The van der Waals surface area contributed by atoms with E-state index in [1.54, 1.807) is 47.8 Å². The summed E-state index contributed by atoms with van der Waals surface area (Å²) in [5, 5.41) is 19.8. The van der Waals surface area contributed by atoms with Crippen LogP contribution in [0.3, 0.4) is 0 Å². The standard InChI is InChI=1S/2C24H32F3N5S/c2*1-30-22(17-5-2-3-6-17)28-29-23(30)33-14-4-12-31-15-18-11-13-32(21(18)16-31)20-9-7-19(8-10-20)24(25,26)27/h2*7-10,17-18,21H,2-6,11-16H2,1H3/t2*18-,21+/m10/s1. The van der Waals surface area contributed by atoms with Crippen LogP contribution in [0.1, 0.15) is 112 Å². The quantitative estimate of drug-likeness (QED) is 0.0693. The fourth-order valence-electron chi connectivity index (χ4n) is 11.7. The maximum Gasteiger partial charge on any atom is 0.416 e. The second kappa shape index (κ2) is 20.6. The number of nitrogens with zero attached hydrogens (tertiary/aromatic N) is 10. The van der Waals surface area contributed by atoms with Gasteiger partial charge in [0.05, 0.1) is 11.1 Å². The third kappa shape index (κ3) is 10.9. The van der Waals surface area contributed by atoms with Gasteiger partial charge >= 0.3 is 12.4 Å². The maximum atomic E-state index is 12.9. The van der Waals surface area contributed by atoms with E-state index in [9.17, 15) is 26.3 Å². The first-order chi connectivity index (χ1) is 31.8. The fourth-order valence-corrected chi connectivity index (χ4v) is 13.4. The van der Waals surface area contributed by atoms with Crippen LogP contribution in [0.5, 0.6) is 0 Å². The van der Waals surface area contributed by atoms with Gasteiger partial charge in [-0.15, -0.1) is 20.4 Å². The van der Waals surface area contributed by atoms with Gasteiger partial charge in [0, 0.05) is 100 Å². The smallest absolute Gasteiger partial charge is 0.367 e. The van der Waals surface area contributed by atoms with E-state index in [1.165, 1.54) is 75.6 Å². The van der Waals surface area contributed by atoms with Crippen LogP contribution < -0.4 is 9.80 Å². The van der Waals surface area contributed by atoms with Crippen molar-refractivity contribution < 1.29 is 26.3 Å². The first-order valence-corrected chi connectivity index (χ1v) is 26.1. The van der Waals surface area contributed by atoms with Crippen LogP contribution in [-0.4, -0.2) is 115 Å². The molecule has 0 spiro atoms. The molecule has 10 nitrogen and oxygen atoms in total. The molecule has 6 heterocycles. The van der Waals surface area contributed by atoms with Crippen molar-refractivity contribution in [3.63, 3.8) is 0 Å². The molecule has 4 atom stereocenters. The largest absolute Gasteiger partial charge is 0.416 e. The average molecular weight is 959 g/mol. The second-order valence-corrected chi connectivity index (χ2v) is 21.5. The van der Waals surface area contributed by atoms with Gasteiger partial charge < -0.3 is 28.7 Å². The summed E-state index contributed by atoms with van der Waals surface area (Å²) in [6.07, 6.45) is 5.98. The molecule has 18 heteroatoms. The highest BCUT2D eigenvalue weighted by Crippen LogP contribution is 2.40. The van der Waals surface area contributed by atoms with Gasteiger partial charge in [-0.05, 0) is 125 Å². The van der Waals surface area contributed by atoms with E-state index < -0.39 is 23.5 Å². The minimum atomic E-state index is -4.28. The fraction of sp³-hybridized carbons (Fsp3) is 0.667. The molecule has 360 valence electrons. The van der Waals surface area contributed by atoms with Crippen molar-refractivity contribution in [3.05, 3.63) is 71.3 Å². The second-order valence-electron chi connectivity index (χ2n) is 19.4. The highest BCUT2D eigenvalue weighted by Gasteiger charge is 2.43. The van der Waals surface area contributed by atoms with Crippen molar-refractivity contribution in [1.29, 1.82) is 0 Å². The van der Waals surface area contributed by atoms with Crippen LogP contribution in [0.25, 0.3) is 0 Å². The van der Waals surface area contributed by atoms with Crippen molar-refractivity contribution in [3.8, 4) is 0 Å². The van der Waals surface area contributed by atoms with E-state index in [4.69, 9.17) is 0 Å². The number of thioether (sulfide) groups is 2. The summed E-state index contributed by atoms with van der Waals surface area (Å²) in [7, 11) is 4.18. The van der Waals surface area contributed by atoms with E-state index in [-0.39, 0.29) is 0 Å². The maximum absolute atomic E-state index is 12.9. The van der Waals surface area contributed by atoms with E-state index in [0.29, 0.717) is 35.8 Å². The number of aromatic nitrogens is 6. The number of likely N-dealkylation sites (tertiary alicyclic amines) is 2. The van der Waals surface area contributed by atoms with Crippen molar-refractivity contribution >= 4 is 34.9 Å². The lowest BCUT2D eigenvalue weighted by Crippen LogP contribution is -2.35. The van der Waals surface area contributed by atoms with Gasteiger partial charge in [-0.25, -0.2) is 0 Å². The summed E-state index contributed by atoms with van der Waals surface area (Å²) >= 11 is 3.58. The summed E-state index contributed by atoms with van der Waals surface area (Å²) in [4.78, 5) is 9.66. The predicted molar refractivity (Wildman–Crippen MR) is 249 cm³/mol. The zero-order valence-electron chi connectivity index (χ0n) is 38.2. The molecule has 0 bridgehead atoms. The molecule has 0 N–H and O–H groups in total. The number of hydrogen-bond donors (Lipinski definition) is 0. The van der Waals surface area contributed by atoms with E-state index in [1.807, 2.05) is 0 Å². The first-order valence-electron chi connectivity index (χ1n) is 24.2. The van der Waals surface area contributed by atoms with Crippen LogP contribution in [0.4, 0.5) is 37.7 Å². The van der Waals surface area contributed by atoms with Gasteiger partial charge in [0.25, 0.3) is 0 Å². The number of alkyl halides is 6. The van der Waals surface area contributed by atoms with Gasteiger partial charge in [-0.1, -0.05) is 49.2 Å². The van der Waals surface area contributed by atoms with E-state index in [2.05, 4.69) is 63.2 Å². The van der Waals surface area contributed by atoms with Crippen LogP contribution in [0, 0.1) is 11.8 Å². The Morgan fingerprint density at radius 3 is 1.26 bits per heavy atom. The number of fused-ring (bicyclic) bond motifs is 2. The molecule has 4 aromatic rings. The lowest BCUT2D eigenvalue weighted by atomic mass is 10.0. The molecule has 6 fully saturated rings. The molecular formula is C48H64F6N10S2. The minimum Gasteiger partial charge on any atom is -0.367 e. The molecular weight excluding hydrogens is 895 g/mol. The molecule has 2 aromatic heterocycles. The summed E-state index contributed by atoms with van der Waals surface area (Å²) in [5.74, 6) is 6.69. The zero-order valence-corrected chi connectivity index (χ0v) is 39.8. The Morgan fingerprint density at radius 1 is 0.515 bits per heavy atom. The number of rotatable bonds is 14. The normalized spacial score (nSPS) is 24.2. The van der Waals surface area contributed by atoms with Gasteiger partial charge in [0.15, 0.2) is 10.3 Å². The van der Waals surface area contributed by atoms with Gasteiger partial charge in [0.2, 0.25) is 0 Å². The van der Waals surface area contributed by atoms with Crippen molar-refractivity contribution in [2.45, 2.75) is 124 Å². The molecule has 6 aliphatic rings. The average Bonchev–Trinajstić information content (AvgIpc) is 4.15. The summed E-state index contributed by atoms with van der Waals surface area (Å²) in [6.45, 7) is 8.12. The summed E-state index contributed by atoms with van der Waals surface area (Å²) in [6, 6.07) is 12.2. The SMILES string of the molecule is Cn1c(SCCCN2C[C@@H]3CCN(c4ccc(C(F)(F)F)cc4)[C@@H]3C2)nnc1C1CCCC1.Cn1c(SCCCN2C[C@H]3CCN(c4ccc(C(F)(F)F)cc4)[C@H]3C2)nnc1C1CCCC1. The van der Waals surface area contributed by atoms with E-state index >= 15 is 0 Å². The number of anilines is 2. The first kappa shape index (κ1) is 47.6. The number of halogens is 6. The molecule has 4 aliphatic heterocycles. The monoisotopic (exact) mass is 958 g/mol. The van der Waals surface area contributed by atoms with Gasteiger partial charge in [0.1, 0.15) is 11.6 Å². The highest BCUT2D eigenvalue weighted by atomic mass is 32.2. The predicted octanol–water partition coefficient (Wildman–Crippen LogP) is 10.4. The number of hydrogen-bond acceptors (Lipinski definition) is 10. The third-order valence-electron chi connectivity index (χ3n) is 15.2. The van der Waals surface area contributed by atoms with Crippen molar-refractivity contribution in [2.75, 3.05) is 73.7 Å². The molecule has 66 heavy (non-hydrogen) atoms. The summed E-state index contributed by atoms with van der Waals surface area (Å²) < 4.78 is 81.7. The Morgan fingerprint density at radius 2 is 0.894 bits per heavy atom. The lowest BCUT2D eigenvalue weighted by molar-refractivity contribution is -0.138. The third-order valence-corrected chi connectivity index (χ3v) is 17.4. The molecule has 10 rings (SSSR count). The Bertz CT molecular complexity index is 2030. The molecule has 0 amide bonds. The van der Waals surface area contributed by atoms with Crippen LogP contribution in [-0.2, 0) is 26.4 Å². The molecule has 2 saturated carbocycles. The van der Waals surface area contributed by atoms with Crippen LogP contribution in [0.2, 0.25) is 0 Å². The summed E-state index contributed by atoms with van der Waals surface area (Å²) in [5.41, 5.74) is 0.665. The molecule has 0 radical (unpaired) electrons. The Kier molecular flexibility index (Phi) is 14.9. The molecule has 2 aliphatic carbocycles. The van der Waals surface area contributed by atoms with Crippen LogP contribution in [0.15, 0.2) is 58.8 Å². The highest BCUT2D eigenvalue weighted by molar-refractivity contribution is 7.99. The Hall–Kier alpha value is -3.48. The van der Waals surface area contributed by atoms with Crippen molar-refractivity contribution in [2.24, 2.45) is 25.9 Å². The van der Waals surface area contributed by atoms with Crippen molar-refractivity contribution in [1.82, 2.24) is 39.3 Å². The van der Waals surface area contributed by atoms with Crippen LogP contribution >= 0.6 is 23.5 Å². The lowest BCUT2D eigenvalue weighted by Gasteiger charge is -2.27. The zero-order chi connectivity index (χ0) is 46.0. The molecule has 0 unspecified atom stereocenters. The molecule has 4 saturated heterocycles. The number of benzene rings is 2. The van der Waals surface area contributed by atoms with Gasteiger partial charge in [-0.3, -0.25) is 0 Å². The van der Waals surface area contributed by atoms with Gasteiger partial charge in [-0.2, -0.15) is 26.3 Å². The molecule has 2 aromatic carbocycles. The Balaban J connectivity index is 0.000000166. The van der Waals surface area contributed by atoms with E-state index in [0.717, 1.165) is 123 Å². The topological polar surface area (TPSA) is 74.4 Å². The minimum absolute atomic E-state index is 0.405. The Labute approximate surface area is 393 Å².